The molecule has 0 radical (unpaired) electrons. The summed E-state index contributed by atoms with van der Waals surface area (Å²) in [6.45, 7) is 10.1. The van der Waals surface area contributed by atoms with Crippen LogP contribution in [0.15, 0.2) is 18.2 Å². The first-order chi connectivity index (χ1) is 12.0. The van der Waals surface area contributed by atoms with Crippen molar-refractivity contribution in [2.24, 2.45) is 5.92 Å². The summed E-state index contributed by atoms with van der Waals surface area (Å²) in [5.74, 6) is 1.25. The van der Waals surface area contributed by atoms with Crippen LogP contribution in [-0.4, -0.2) is 73.0 Å². The number of halogens is 1. The van der Waals surface area contributed by atoms with E-state index in [-0.39, 0.29) is 11.7 Å². The number of likely N-dealkylation sites (tertiary alicyclic amines) is 1. The largest absolute Gasteiger partial charge is 0.496 e. The Morgan fingerprint density at radius 3 is 2.60 bits per heavy atom. The van der Waals surface area contributed by atoms with Gasteiger partial charge in [0.05, 0.1) is 7.11 Å². The Morgan fingerprint density at radius 2 is 1.96 bits per heavy atom. The second-order valence-corrected chi connectivity index (χ2v) is 7.24. The lowest BCUT2D eigenvalue weighted by atomic mass is 10.0. The predicted molar refractivity (Wildman–Crippen MR) is 95.0 cm³/mol. The third-order valence-electron chi connectivity index (χ3n) is 5.51. The smallest absolute Gasteiger partial charge is 0.219 e. The Hall–Kier alpha value is -1.66. The molecular formula is C19H28FN3O2. The lowest BCUT2D eigenvalue weighted by Gasteiger charge is -2.39. The highest BCUT2D eigenvalue weighted by Gasteiger charge is 2.35. The number of carbonyl (C=O) groups excluding carboxylic acids is 1. The Bertz CT molecular complexity index is 617. The number of hydrogen-bond donors (Lipinski definition) is 0. The van der Waals surface area contributed by atoms with E-state index >= 15 is 0 Å². The van der Waals surface area contributed by atoms with Gasteiger partial charge in [0.15, 0.2) is 0 Å². The number of hydrogen-bond acceptors (Lipinski definition) is 4. The van der Waals surface area contributed by atoms with E-state index < -0.39 is 0 Å². The lowest BCUT2D eigenvalue weighted by molar-refractivity contribution is -0.130. The molecule has 2 atom stereocenters. The molecule has 3 rings (SSSR count). The van der Waals surface area contributed by atoms with E-state index in [9.17, 15) is 9.18 Å². The van der Waals surface area contributed by atoms with Gasteiger partial charge in [-0.1, -0.05) is 6.92 Å². The van der Waals surface area contributed by atoms with E-state index in [4.69, 9.17) is 4.74 Å². The van der Waals surface area contributed by atoms with Crippen LogP contribution in [0, 0.1) is 11.7 Å². The number of piperazine rings is 1. The van der Waals surface area contributed by atoms with Crippen LogP contribution in [0.1, 0.15) is 19.4 Å². The first-order valence-corrected chi connectivity index (χ1v) is 9.02. The zero-order chi connectivity index (χ0) is 18.0. The third kappa shape index (κ3) is 4.12. The van der Waals surface area contributed by atoms with Gasteiger partial charge in [0.25, 0.3) is 0 Å². The molecular weight excluding hydrogens is 321 g/mol. The first-order valence-electron chi connectivity index (χ1n) is 9.02. The summed E-state index contributed by atoms with van der Waals surface area (Å²) in [4.78, 5) is 18.3. The number of rotatable bonds is 4. The molecule has 0 aromatic heterocycles. The van der Waals surface area contributed by atoms with Gasteiger partial charge in [-0.2, -0.15) is 0 Å². The number of amides is 1. The topological polar surface area (TPSA) is 36.0 Å². The van der Waals surface area contributed by atoms with Gasteiger partial charge >= 0.3 is 0 Å². The molecule has 0 spiro atoms. The number of nitrogens with zero attached hydrogens (tertiary/aromatic N) is 3. The molecule has 1 aromatic rings. The second-order valence-electron chi connectivity index (χ2n) is 7.24. The monoisotopic (exact) mass is 349 g/mol. The van der Waals surface area contributed by atoms with Crippen molar-refractivity contribution in [3.8, 4) is 5.75 Å². The minimum Gasteiger partial charge on any atom is -0.496 e. The SMILES string of the molecule is COc1ccc(F)cc1CN1CC(C)C(N2CCN(C(C)=O)CC2)C1. The maximum atomic E-state index is 13.6. The lowest BCUT2D eigenvalue weighted by Crippen LogP contribution is -2.53. The van der Waals surface area contributed by atoms with Gasteiger partial charge in [0.2, 0.25) is 5.91 Å². The molecule has 0 aliphatic carbocycles. The average molecular weight is 349 g/mol. The van der Waals surface area contributed by atoms with E-state index in [1.54, 1.807) is 26.2 Å². The van der Waals surface area contributed by atoms with Crippen LogP contribution in [0.3, 0.4) is 0 Å². The molecule has 2 unspecified atom stereocenters. The maximum Gasteiger partial charge on any atom is 0.219 e. The molecule has 2 aliphatic heterocycles. The van der Waals surface area contributed by atoms with Crippen LogP contribution in [-0.2, 0) is 11.3 Å². The molecule has 138 valence electrons. The molecule has 1 aromatic carbocycles. The van der Waals surface area contributed by atoms with E-state index in [0.717, 1.165) is 50.6 Å². The minimum absolute atomic E-state index is 0.166. The van der Waals surface area contributed by atoms with E-state index in [1.807, 2.05) is 4.90 Å². The Balaban J connectivity index is 1.60. The average Bonchev–Trinajstić information content (AvgIpc) is 2.95. The maximum absolute atomic E-state index is 13.6. The molecule has 1 amide bonds. The van der Waals surface area contributed by atoms with Crippen molar-refractivity contribution in [2.75, 3.05) is 46.4 Å². The Labute approximate surface area is 149 Å². The molecule has 25 heavy (non-hydrogen) atoms. The third-order valence-corrected chi connectivity index (χ3v) is 5.51. The number of ether oxygens (including phenoxy) is 1. The van der Waals surface area contributed by atoms with Crippen molar-refractivity contribution >= 4 is 5.91 Å². The highest BCUT2D eigenvalue weighted by Crippen LogP contribution is 2.27. The van der Waals surface area contributed by atoms with Gasteiger partial charge in [-0.15, -0.1) is 0 Å². The molecule has 5 nitrogen and oxygen atoms in total. The molecule has 0 N–H and O–H groups in total. The minimum atomic E-state index is -0.222. The van der Waals surface area contributed by atoms with Gasteiger partial charge < -0.3 is 9.64 Å². The quantitative estimate of drug-likeness (QED) is 0.831. The first kappa shape index (κ1) is 18.1. The van der Waals surface area contributed by atoms with Crippen molar-refractivity contribution in [3.05, 3.63) is 29.6 Å². The van der Waals surface area contributed by atoms with Crippen molar-refractivity contribution in [1.82, 2.24) is 14.7 Å². The molecule has 2 aliphatic rings. The van der Waals surface area contributed by atoms with Crippen molar-refractivity contribution in [3.63, 3.8) is 0 Å². The van der Waals surface area contributed by atoms with Crippen LogP contribution in [0.4, 0.5) is 4.39 Å². The van der Waals surface area contributed by atoms with Crippen LogP contribution in [0.2, 0.25) is 0 Å². The van der Waals surface area contributed by atoms with Gasteiger partial charge in [-0.25, -0.2) is 4.39 Å². The Morgan fingerprint density at radius 1 is 1.24 bits per heavy atom. The van der Waals surface area contributed by atoms with E-state index in [1.165, 1.54) is 6.07 Å². The highest BCUT2D eigenvalue weighted by atomic mass is 19.1. The zero-order valence-corrected chi connectivity index (χ0v) is 15.4. The van der Waals surface area contributed by atoms with Crippen molar-refractivity contribution in [1.29, 1.82) is 0 Å². The number of methoxy groups -OCH3 is 1. The fourth-order valence-corrected chi connectivity index (χ4v) is 4.13. The molecule has 0 saturated carbocycles. The summed E-state index contributed by atoms with van der Waals surface area (Å²) < 4.78 is 19.0. The van der Waals surface area contributed by atoms with Crippen LogP contribution < -0.4 is 4.74 Å². The molecule has 0 bridgehead atoms. The molecule has 2 saturated heterocycles. The van der Waals surface area contributed by atoms with Gasteiger partial charge in [0, 0.05) is 64.3 Å². The predicted octanol–water partition coefficient (Wildman–Crippen LogP) is 1.82. The summed E-state index contributed by atoms with van der Waals surface area (Å²) in [7, 11) is 1.63. The van der Waals surface area contributed by atoms with Crippen molar-refractivity contribution in [2.45, 2.75) is 26.4 Å². The summed E-state index contributed by atoms with van der Waals surface area (Å²) in [6.07, 6.45) is 0. The Kier molecular flexibility index (Phi) is 5.59. The number of carbonyl (C=O) groups is 1. The standard InChI is InChI=1S/C19H28FN3O2/c1-14-11-21(12-16-10-17(20)4-5-19(16)25-3)13-18(14)23-8-6-22(7-9-23)15(2)24/h4-5,10,14,18H,6-9,11-13H2,1-3H3. The van der Waals surface area contributed by atoms with Crippen molar-refractivity contribution < 1.29 is 13.9 Å². The van der Waals surface area contributed by atoms with E-state index in [0.29, 0.717) is 18.5 Å². The molecule has 6 heteroatoms. The van der Waals surface area contributed by atoms with Gasteiger partial charge in [0.1, 0.15) is 11.6 Å². The van der Waals surface area contributed by atoms with E-state index in [2.05, 4.69) is 16.7 Å². The normalized spacial score (nSPS) is 25.4. The fourth-order valence-electron chi connectivity index (χ4n) is 4.13. The van der Waals surface area contributed by atoms with Crippen LogP contribution in [0.25, 0.3) is 0 Å². The number of benzene rings is 1. The zero-order valence-electron chi connectivity index (χ0n) is 15.4. The van der Waals surface area contributed by atoms with Crippen LogP contribution in [0.5, 0.6) is 5.75 Å². The second kappa shape index (κ2) is 7.70. The summed E-state index contributed by atoms with van der Waals surface area (Å²) in [5.41, 5.74) is 0.900. The summed E-state index contributed by atoms with van der Waals surface area (Å²) in [5, 5.41) is 0. The van der Waals surface area contributed by atoms with Gasteiger partial charge in [-0.3, -0.25) is 14.6 Å². The molecule has 2 fully saturated rings. The fraction of sp³-hybridized carbons (Fsp3) is 0.632. The highest BCUT2D eigenvalue weighted by molar-refractivity contribution is 5.73. The summed E-state index contributed by atoms with van der Waals surface area (Å²) >= 11 is 0. The van der Waals surface area contributed by atoms with Gasteiger partial charge in [-0.05, 0) is 24.1 Å². The van der Waals surface area contributed by atoms with Crippen LogP contribution >= 0.6 is 0 Å². The summed E-state index contributed by atoms with van der Waals surface area (Å²) in [6, 6.07) is 5.20. The molecule has 2 heterocycles.